The summed E-state index contributed by atoms with van der Waals surface area (Å²) in [5.41, 5.74) is 1.03. The molecule has 4 aromatic rings. The van der Waals surface area contributed by atoms with Gasteiger partial charge in [-0.25, -0.2) is 17.6 Å². The summed E-state index contributed by atoms with van der Waals surface area (Å²) in [7, 11) is -4.04. The highest BCUT2D eigenvalue weighted by atomic mass is 32.2. The molecule has 10 nitrogen and oxygen atoms in total. The monoisotopic (exact) mass is 585 g/mol. The van der Waals surface area contributed by atoms with Gasteiger partial charge in [-0.05, 0) is 74.5 Å². The minimum atomic E-state index is -4.04. The van der Waals surface area contributed by atoms with Crippen LogP contribution in [0.4, 0.5) is 10.1 Å². The molecule has 0 radical (unpaired) electrons. The Labute approximate surface area is 232 Å². The van der Waals surface area contributed by atoms with Gasteiger partial charge in [-0.1, -0.05) is 17.4 Å². The zero-order valence-electron chi connectivity index (χ0n) is 21.4. The molecule has 0 saturated heterocycles. The Hall–Kier alpha value is -4.36. The number of anilines is 1. The minimum absolute atomic E-state index is 0.0756. The summed E-state index contributed by atoms with van der Waals surface area (Å²) in [6, 6.07) is 14.8. The van der Waals surface area contributed by atoms with Crippen molar-refractivity contribution in [2.24, 2.45) is 4.99 Å². The molecule has 3 aromatic carbocycles. The number of rotatable bonds is 9. The summed E-state index contributed by atoms with van der Waals surface area (Å²) in [5, 5.41) is 0. The van der Waals surface area contributed by atoms with Crippen LogP contribution in [0, 0.1) is 5.82 Å². The van der Waals surface area contributed by atoms with Gasteiger partial charge in [0.1, 0.15) is 12.4 Å². The van der Waals surface area contributed by atoms with Crippen molar-refractivity contribution in [3.8, 4) is 0 Å². The maximum Gasteiger partial charge on any atom is 0.338 e. The predicted octanol–water partition coefficient (Wildman–Crippen LogP) is 4.12. The predicted molar refractivity (Wildman–Crippen MR) is 146 cm³/mol. The average Bonchev–Trinajstić information content (AvgIpc) is 3.24. The van der Waals surface area contributed by atoms with Crippen molar-refractivity contribution in [2.75, 3.05) is 17.9 Å². The molecule has 13 heteroatoms. The highest BCUT2D eigenvalue weighted by molar-refractivity contribution is 7.92. The van der Waals surface area contributed by atoms with E-state index in [1.807, 2.05) is 0 Å². The molecule has 4 rings (SSSR count). The Kier molecular flexibility index (Phi) is 8.75. The summed E-state index contributed by atoms with van der Waals surface area (Å²) in [4.78, 5) is 41.9. The lowest BCUT2D eigenvalue weighted by molar-refractivity contribution is -0.143. The highest BCUT2D eigenvalue weighted by Gasteiger charge is 2.17. The highest BCUT2D eigenvalue weighted by Crippen LogP contribution is 2.21. The number of carbonyl (C=O) groups excluding carboxylic acids is 3. The largest absolute Gasteiger partial charge is 0.465 e. The van der Waals surface area contributed by atoms with Crippen LogP contribution in [0.5, 0.6) is 0 Å². The number of ether oxygens (including phenoxy) is 2. The van der Waals surface area contributed by atoms with Gasteiger partial charge >= 0.3 is 11.9 Å². The standard InChI is InChI=1S/C27H24FN3O7S2/c1-3-37-24(32)16-31-22-13-8-18(26(34)38-4-2)15-23(22)39-27(31)29-25(33)17-6-5-7-20(14-17)30-40(35,36)21-11-9-19(28)10-12-21/h5-15,30H,3-4,16H2,1-2H3. The first-order valence-corrected chi connectivity index (χ1v) is 14.3. The van der Waals surface area contributed by atoms with Crippen LogP contribution in [-0.2, 0) is 30.8 Å². The summed E-state index contributed by atoms with van der Waals surface area (Å²) < 4.78 is 53.1. The first-order valence-electron chi connectivity index (χ1n) is 12.0. The van der Waals surface area contributed by atoms with Gasteiger partial charge < -0.3 is 14.0 Å². The van der Waals surface area contributed by atoms with Crippen LogP contribution >= 0.6 is 11.3 Å². The van der Waals surface area contributed by atoms with Crippen LogP contribution in [-0.4, -0.2) is 44.0 Å². The van der Waals surface area contributed by atoms with Crippen molar-refractivity contribution in [1.29, 1.82) is 0 Å². The third-order valence-electron chi connectivity index (χ3n) is 5.47. The topological polar surface area (TPSA) is 133 Å². The Morgan fingerprint density at radius 2 is 1.68 bits per heavy atom. The van der Waals surface area contributed by atoms with Crippen molar-refractivity contribution < 1.29 is 36.7 Å². The van der Waals surface area contributed by atoms with Crippen LogP contribution in [0.2, 0.25) is 0 Å². The molecule has 0 spiro atoms. The van der Waals surface area contributed by atoms with Crippen molar-refractivity contribution in [3.63, 3.8) is 0 Å². The SMILES string of the molecule is CCOC(=O)Cn1c(=NC(=O)c2cccc(NS(=O)(=O)c3ccc(F)cc3)c2)sc2cc(C(=O)OCC)ccc21. The second-order valence-corrected chi connectivity index (χ2v) is 10.9. The van der Waals surface area contributed by atoms with Gasteiger partial charge in [0, 0.05) is 11.3 Å². The number of nitrogens with zero attached hydrogens (tertiary/aromatic N) is 2. The van der Waals surface area contributed by atoms with E-state index in [1.165, 1.54) is 28.8 Å². The van der Waals surface area contributed by atoms with E-state index in [0.29, 0.717) is 15.8 Å². The Bertz CT molecular complexity index is 1760. The molecule has 1 aromatic heterocycles. The van der Waals surface area contributed by atoms with E-state index in [4.69, 9.17) is 9.47 Å². The van der Waals surface area contributed by atoms with Crippen molar-refractivity contribution in [1.82, 2.24) is 4.57 Å². The summed E-state index contributed by atoms with van der Waals surface area (Å²) >= 11 is 1.09. The van der Waals surface area contributed by atoms with Gasteiger partial charge in [0.05, 0.1) is 33.9 Å². The van der Waals surface area contributed by atoms with Crippen LogP contribution in [0.15, 0.2) is 76.6 Å². The van der Waals surface area contributed by atoms with Crippen molar-refractivity contribution in [3.05, 3.63) is 88.5 Å². The van der Waals surface area contributed by atoms with Gasteiger partial charge in [0.2, 0.25) is 0 Å². The summed E-state index contributed by atoms with van der Waals surface area (Å²) in [6.07, 6.45) is 0. The third kappa shape index (κ3) is 6.61. The second-order valence-electron chi connectivity index (χ2n) is 8.24. The van der Waals surface area contributed by atoms with E-state index in [2.05, 4.69) is 9.71 Å². The number of hydrogen-bond acceptors (Lipinski definition) is 8. The number of esters is 2. The van der Waals surface area contributed by atoms with E-state index >= 15 is 0 Å². The summed E-state index contributed by atoms with van der Waals surface area (Å²) in [5.74, 6) is -2.32. The quantitative estimate of drug-likeness (QED) is 0.292. The number of aromatic nitrogens is 1. The lowest BCUT2D eigenvalue weighted by atomic mass is 10.2. The van der Waals surface area contributed by atoms with E-state index in [9.17, 15) is 27.2 Å². The van der Waals surface area contributed by atoms with Gasteiger partial charge in [-0.2, -0.15) is 4.99 Å². The van der Waals surface area contributed by atoms with Crippen LogP contribution < -0.4 is 9.52 Å². The number of thiazole rings is 1. The Morgan fingerprint density at radius 3 is 2.38 bits per heavy atom. The molecule has 1 heterocycles. The second kappa shape index (κ2) is 12.2. The maximum absolute atomic E-state index is 13.2. The van der Waals surface area contributed by atoms with Gasteiger partial charge in [0.15, 0.2) is 4.80 Å². The van der Waals surface area contributed by atoms with Gasteiger partial charge in [-0.15, -0.1) is 0 Å². The zero-order valence-corrected chi connectivity index (χ0v) is 23.1. The molecule has 0 fully saturated rings. The number of nitrogens with one attached hydrogen (secondary N) is 1. The number of carbonyl (C=O) groups is 3. The minimum Gasteiger partial charge on any atom is -0.465 e. The number of amides is 1. The zero-order chi connectivity index (χ0) is 28.9. The van der Waals surface area contributed by atoms with Crippen molar-refractivity contribution in [2.45, 2.75) is 25.3 Å². The average molecular weight is 586 g/mol. The molecule has 208 valence electrons. The van der Waals surface area contributed by atoms with E-state index in [0.717, 1.165) is 35.6 Å². The maximum atomic E-state index is 13.2. The number of halogens is 1. The number of hydrogen-bond donors (Lipinski definition) is 1. The first kappa shape index (κ1) is 28.6. The molecule has 0 saturated carbocycles. The molecule has 0 bridgehead atoms. The Morgan fingerprint density at radius 1 is 0.950 bits per heavy atom. The normalized spacial score (nSPS) is 11.8. The van der Waals surface area contributed by atoms with Crippen molar-refractivity contribution >= 4 is 55.1 Å². The molecule has 0 aliphatic rings. The van der Waals surface area contributed by atoms with E-state index in [-0.39, 0.29) is 40.7 Å². The first-order chi connectivity index (χ1) is 19.1. The van der Waals surface area contributed by atoms with Crippen LogP contribution in [0.25, 0.3) is 10.2 Å². The third-order valence-corrected chi connectivity index (χ3v) is 7.91. The molecule has 0 unspecified atom stereocenters. The molecule has 1 amide bonds. The molecular formula is C27H24FN3O7S2. The Balaban J connectivity index is 1.70. The molecule has 0 aliphatic heterocycles. The summed E-state index contributed by atoms with van der Waals surface area (Å²) in [6.45, 7) is 3.52. The lowest BCUT2D eigenvalue weighted by Crippen LogP contribution is -2.23. The number of fused-ring (bicyclic) bond motifs is 1. The van der Waals surface area contributed by atoms with Crippen LogP contribution in [0.1, 0.15) is 34.6 Å². The van der Waals surface area contributed by atoms with Crippen LogP contribution in [0.3, 0.4) is 0 Å². The number of benzene rings is 3. The van der Waals surface area contributed by atoms with Gasteiger partial charge in [-0.3, -0.25) is 14.3 Å². The fourth-order valence-corrected chi connectivity index (χ4v) is 5.80. The number of sulfonamides is 1. The van der Waals surface area contributed by atoms with E-state index in [1.54, 1.807) is 32.0 Å². The molecule has 0 aliphatic carbocycles. The van der Waals surface area contributed by atoms with Gasteiger partial charge in [0.25, 0.3) is 15.9 Å². The molecular weight excluding hydrogens is 561 g/mol. The molecule has 1 N–H and O–H groups in total. The molecule has 40 heavy (non-hydrogen) atoms. The fraction of sp³-hybridized carbons (Fsp3) is 0.185. The lowest BCUT2D eigenvalue weighted by Gasteiger charge is -2.09. The fourth-order valence-electron chi connectivity index (χ4n) is 3.68. The van der Waals surface area contributed by atoms with E-state index < -0.39 is 33.7 Å². The smallest absolute Gasteiger partial charge is 0.338 e. The molecule has 0 atom stereocenters.